The molecule has 1 aromatic carbocycles. The molecule has 1 aliphatic heterocycles. The molecule has 0 spiro atoms. The summed E-state index contributed by atoms with van der Waals surface area (Å²) >= 11 is 0. The number of nitrogens with zero attached hydrogens (tertiary/aromatic N) is 1. The van der Waals surface area contributed by atoms with Gasteiger partial charge in [-0.3, -0.25) is 0 Å². The van der Waals surface area contributed by atoms with Crippen molar-refractivity contribution in [2.45, 2.75) is 18.9 Å². The summed E-state index contributed by atoms with van der Waals surface area (Å²) in [6.07, 6.45) is 1.36. The number of amides is 1. The van der Waals surface area contributed by atoms with E-state index in [1.165, 1.54) is 0 Å². The summed E-state index contributed by atoms with van der Waals surface area (Å²) in [6, 6.07) is 8.31. The van der Waals surface area contributed by atoms with Gasteiger partial charge < -0.3 is 5.11 Å². The van der Waals surface area contributed by atoms with Crippen molar-refractivity contribution in [3.8, 4) is 0 Å². The van der Waals surface area contributed by atoms with Crippen LogP contribution in [0.15, 0.2) is 30.3 Å². The number of quaternary nitrogens is 1. The summed E-state index contributed by atoms with van der Waals surface area (Å²) in [5, 5.41) is 9.18. The lowest BCUT2D eigenvalue weighted by molar-refractivity contribution is -0.832. The van der Waals surface area contributed by atoms with E-state index in [1.54, 1.807) is 31.3 Å². The van der Waals surface area contributed by atoms with Gasteiger partial charge in [0.15, 0.2) is 6.04 Å². The molecule has 2 rings (SSSR count). The summed E-state index contributed by atoms with van der Waals surface area (Å²) in [5.74, 6) is -0.982. The smallest absolute Gasteiger partial charge is 0.363 e. The SMILES string of the molecule is C[N@+]1(C(=O)c2ccccc2)CCCC1C(=O)O. The Balaban J connectivity index is 2.33. The van der Waals surface area contributed by atoms with E-state index in [0.29, 0.717) is 18.5 Å². The second-order valence-corrected chi connectivity index (χ2v) is 4.66. The lowest BCUT2D eigenvalue weighted by Gasteiger charge is -2.30. The molecular formula is C13H16NO3+. The van der Waals surface area contributed by atoms with Gasteiger partial charge in [0.25, 0.3) is 0 Å². The maximum absolute atomic E-state index is 12.4. The highest BCUT2D eigenvalue weighted by Gasteiger charge is 2.48. The quantitative estimate of drug-likeness (QED) is 0.789. The Labute approximate surface area is 100 Å². The average Bonchev–Trinajstić information content (AvgIpc) is 2.73. The zero-order chi connectivity index (χ0) is 12.5. The zero-order valence-electron chi connectivity index (χ0n) is 9.80. The molecule has 4 heteroatoms. The van der Waals surface area contributed by atoms with E-state index in [2.05, 4.69) is 0 Å². The van der Waals surface area contributed by atoms with Crippen molar-refractivity contribution < 1.29 is 19.2 Å². The molecule has 0 aliphatic carbocycles. The zero-order valence-corrected chi connectivity index (χ0v) is 9.80. The van der Waals surface area contributed by atoms with Crippen LogP contribution in [0.1, 0.15) is 23.2 Å². The first-order valence-corrected chi connectivity index (χ1v) is 5.73. The van der Waals surface area contributed by atoms with E-state index in [9.17, 15) is 14.7 Å². The van der Waals surface area contributed by atoms with Crippen molar-refractivity contribution in [3.63, 3.8) is 0 Å². The largest absolute Gasteiger partial charge is 0.477 e. The van der Waals surface area contributed by atoms with Crippen LogP contribution in [-0.2, 0) is 4.79 Å². The summed E-state index contributed by atoms with van der Waals surface area (Å²) in [4.78, 5) is 23.6. The monoisotopic (exact) mass is 234 g/mol. The van der Waals surface area contributed by atoms with Crippen LogP contribution in [0, 0.1) is 0 Å². The Hall–Kier alpha value is -1.68. The van der Waals surface area contributed by atoms with E-state index in [4.69, 9.17) is 0 Å². The maximum atomic E-state index is 12.4. The molecule has 0 bridgehead atoms. The van der Waals surface area contributed by atoms with E-state index >= 15 is 0 Å². The van der Waals surface area contributed by atoms with Gasteiger partial charge in [0.1, 0.15) is 0 Å². The number of benzene rings is 1. The van der Waals surface area contributed by atoms with Crippen LogP contribution in [0.4, 0.5) is 0 Å². The van der Waals surface area contributed by atoms with Crippen LogP contribution in [0.25, 0.3) is 0 Å². The van der Waals surface area contributed by atoms with E-state index in [0.717, 1.165) is 6.42 Å². The first-order valence-electron chi connectivity index (χ1n) is 5.73. The summed E-state index contributed by atoms with van der Waals surface area (Å²) in [5.41, 5.74) is 0.586. The van der Waals surface area contributed by atoms with Crippen molar-refractivity contribution in [2.24, 2.45) is 0 Å². The number of carbonyl (C=O) groups excluding carboxylic acids is 1. The predicted octanol–water partition coefficient (Wildman–Crippen LogP) is 1.52. The minimum absolute atomic E-state index is 0.0145. The number of carboxylic acids is 1. The minimum atomic E-state index is -0.880. The van der Waals surface area contributed by atoms with Crippen molar-refractivity contribution in [3.05, 3.63) is 35.9 Å². The topological polar surface area (TPSA) is 54.4 Å². The van der Waals surface area contributed by atoms with Gasteiger partial charge in [0.2, 0.25) is 0 Å². The molecule has 1 fully saturated rings. The van der Waals surface area contributed by atoms with Crippen LogP contribution in [-0.4, -0.2) is 41.1 Å². The minimum Gasteiger partial charge on any atom is -0.477 e. The van der Waals surface area contributed by atoms with Crippen LogP contribution in [0.3, 0.4) is 0 Å². The van der Waals surface area contributed by atoms with Crippen LogP contribution < -0.4 is 0 Å². The molecule has 1 unspecified atom stereocenters. The second kappa shape index (κ2) is 4.30. The van der Waals surface area contributed by atoms with E-state index in [-0.39, 0.29) is 10.4 Å². The standard InChI is InChI=1S/C13H15NO3/c1-14(9-5-8-11(14)13(16)17)12(15)10-6-3-2-4-7-10/h2-4,6-7,11H,5,8-9H2,1H3/p+1/t11?,14-/m0/s1. The highest BCUT2D eigenvalue weighted by Crippen LogP contribution is 2.27. The molecule has 0 radical (unpaired) electrons. The molecule has 1 saturated heterocycles. The Morgan fingerprint density at radius 2 is 1.94 bits per heavy atom. The number of hydrogen-bond donors (Lipinski definition) is 1. The normalized spacial score (nSPS) is 27.9. The molecular weight excluding hydrogens is 218 g/mol. The number of aliphatic carboxylic acids is 1. The van der Waals surface area contributed by atoms with Gasteiger partial charge in [0.05, 0.1) is 19.2 Å². The number of carboxylic acid groups (broad SMARTS) is 1. The molecule has 1 aromatic rings. The van der Waals surface area contributed by atoms with Crippen molar-refractivity contribution in [1.29, 1.82) is 0 Å². The van der Waals surface area contributed by atoms with E-state index < -0.39 is 12.0 Å². The number of hydrogen-bond acceptors (Lipinski definition) is 2. The van der Waals surface area contributed by atoms with Crippen LogP contribution in [0.5, 0.6) is 0 Å². The fraction of sp³-hybridized carbons (Fsp3) is 0.385. The van der Waals surface area contributed by atoms with Crippen LogP contribution >= 0.6 is 0 Å². The molecule has 0 aromatic heterocycles. The predicted molar refractivity (Wildman–Crippen MR) is 62.5 cm³/mol. The Bertz CT molecular complexity index is 443. The summed E-state index contributed by atoms with van der Waals surface area (Å²) in [6.45, 7) is 0.602. The summed E-state index contributed by atoms with van der Waals surface area (Å²) in [7, 11) is 1.72. The van der Waals surface area contributed by atoms with Gasteiger partial charge in [-0.2, -0.15) is 0 Å². The second-order valence-electron chi connectivity index (χ2n) is 4.66. The fourth-order valence-electron chi connectivity index (χ4n) is 2.54. The average molecular weight is 234 g/mol. The van der Waals surface area contributed by atoms with E-state index in [1.807, 2.05) is 6.07 Å². The molecule has 90 valence electrons. The lowest BCUT2D eigenvalue weighted by atomic mass is 10.1. The molecule has 17 heavy (non-hydrogen) atoms. The fourth-order valence-corrected chi connectivity index (χ4v) is 2.54. The Morgan fingerprint density at radius 3 is 2.53 bits per heavy atom. The van der Waals surface area contributed by atoms with Crippen molar-refractivity contribution >= 4 is 11.9 Å². The number of rotatable bonds is 2. The molecule has 1 amide bonds. The molecule has 1 aliphatic rings. The van der Waals surface area contributed by atoms with Crippen molar-refractivity contribution in [2.75, 3.05) is 13.6 Å². The van der Waals surface area contributed by atoms with Gasteiger partial charge in [-0.15, -0.1) is 0 Å². The number of carbonyl (C=O) groups is 2. The molecule has 1 N–H and O–H groups in total. The van der Waals surface area contributed by atoms with Crippen LogP contribution in [0.2, 0.25) is 0 Å². The van der Waals surface area contributed by atoms with Gasteiger partial charge in [-0.25, -0.2) is 14.1 Å². The maximum Gasteiger partial charge on any atom is 0.363 e. The van der Waals surface area contributed by atoms with Gasteiger partial charge in [-0.05, 0) is 12.1 Å². The molecule has 0 saturated carbocycles. The molecule has 4 nitrogen and oxygen atoms in total. The Morgan fingerprint density at radius 1 is 1.29 bits per heavy atom. The third-order valence-electron chi connectivity index (χ3n) is 3.56. The van der Waals surface area contributed by atoms with Gasteiger partial charge >= 0.3 is 11.9 Å². The van der Waals surface area contributed by atoms with Crippen molar-refractivity contribution in [1.82, 2.24) is 0 Å². The number of likely N-dealkylation sites (tertiary alicyclic amines) is 1. The molecule has 1 heterocycles. The highest BCUT2D eigenvalue weighted by molar-refractivity contribution is 5.90. The molecule has 2 atom stereocenters. The number of likely N-dealkylation sites (N-methyl/N-ethyl adjacent to an activating group) is 1. The lowest BCUT2D eigenvalue weighted by Crippen LogP contribution is -2.55. The highest BCUT2D eigenvalue weighted by atomic mass is 16.4. The third-order valence-corrected chi connectivity index (χ3v) is 3.56. The van der Waals surface area contributed by atoms with Gasteiger partial charge in [-0.1, -0.05) is 18.2 Å². The Kier molecular flexibility index (Phi) is 2.98. The first-order chi connectivity index (χ1) is 8.05. The summed E-state index contributed by atoms with van der Waals surface area (Å²) < 4.78 is -0.0145. The first kappa shape index (κ1) is 11.8. The van der Waals surface area contributed by atoms with Gasteiger partial charge in [0, 0.05) is 12.8 Å². The third kappa shape index (κ3) is 1.96.